The lowest BCUT2D eigenvalue weighted by Gasteiger charge is -2.36. The van der Waals surface area contributed by atoms with Crippen LogP contribution in [0.3, 0.4) is 0 Å². The first-order valence-corrected chi connectivity index (χ1v) is 19.7. The fraction of sp³-hybridized carbons (Fsp3) is 0.0370. The average Bonchev–Trinajstić information content (AvgIpc) is 3.55. The largest absolute Gasteiger partial charge is 0.241 e. The summed E-state index contributed by atoms with van der Waals surface area (Å²) in [5, 5.41) is 2.52. The second kappa shape index (κ2) is 14.2. The van der Waals surface area contributed by atoms with Gasteiger partial charge in [0.15, 0.2) is 0 Å². The van der Waals surface area contributed by atoms with Crippen LogP contribution in [0.1, 0.15) is 27.8 Å². The zero-order valence-electron chi connectivity index (χ0n) is 31.5. The van der Waals surface area contributed by atoms with Crippen molar-refractivity contribution in [2.24, 2.45) is 0 Å². The summed E-state index contributed by atoms with van der Waals surface area (Å²) in [5.74, 6) is 0. The Balaban J connectivity index is 1.31. The summed E-state index contributed by atoms with van der Waals surface area (Å²) in [6, 6.07) is 83.8. The van der Waals surface area contributed by atoms with E-state index in [9.17, 15) is 0 Å². The van der Waals surface area contributed by atoms with Crippen LogP contribution in [0.4, 0.5) is 0 Å². The molecule has 0 amide bonds. The van der Waals surface area contributed by atoms with Gasteiger partial charge in [-0.2, -0.15) is 0 Å². The highest BCUT2D eigenvalue weighted by Gasteiger charge is 2.48. The fourth-order valence-electron chi connectivity index (χ4n) is 9.57. The molecule has 0 saturated carbocycles. The number of hydrogen-bond acceptors (Lipinski definition) is 0. The molecule has 0 N–H and O–H groups in total. The maximum atomic E-state index is 2.55. The second-order valence-electron chi connectivity index (χ2n) is 15.3. The smallest absolute Gasteiger partial charge is 0.0687 e. The first kappa shape index (κ1) is 33.9. The molecule has 0 fully saturated rings. The lowest BCUT2D eigenvalue weighted by atomic mass is 9.36. The van der Waals surface area contributed by atoms with Crippen LogP contribution >= 0.6 is 0 Å². The molecule has 0 heterocycles. The number of benzene rings is 9. The molecule has 1 aliphatic carbocycles. The van der Waals surface area contributed by atoms with Crippen molar-refractivity contribution >= 4 is 57.0 Å². The summed E-state index contributed by atoms with van der Waals surface area (Å²) >= 11 is 0. The van der Waals surface area contributed by atoms with Gasteiger partial charge < -0.3 is 0 Å². The molecule has 0 unspecified atom stereocenters. The van der Waals surface area contributed by atoms with Crippen LogP contribution in [-0.4, -0.2) is 13.4 Å². The monoisotopic (exact) mass is 710 g/mol. The van der Waals surface area contributed by atoms with Crippen LogP contribution in [0, 0.1) is 6.92 Å². The highest BCUT2D eigenvalue weighted by molar-refractivity contribution is 6.96. The minimum atomic E-state index is -0.596. The first-order valence-electron chi connectivity index (χ1n) is 19.7. The third kappa shape index (κ3) is 5.64. The molecule has 56 heavy (non-hydrogen) atoms. The van der Waals surface area contributed by atoms with E-state index in [0.717, 1.165) is 0 Å². The van der Waals surface area contributed by atoms with Crippen molar-refractivity contribution < 1.29 is 0 Å². The average molecular weight is 711 g/mol. The minimum Gasteiger partial charge on any atom is -0.0687 e. The standard InChI is InChI=1S/C54H40B2/c1-39-29-31-41(32-30-39)54(51-28-16-18-40-17-14-15-27-48(40)51)52-37-46(55(42-19-6-2-7-20-42)43-21-8-3-9-22-43)33-35-49(52)50-36-34-47(38-53(50)54)56(44-23-10-4-11-24-44)45-25-12-5-13-26-45/h2-38H,1H3. The van der Waals surface area contributed by atoms with Crippen molar-refractivity contribution in [1.29, 1.82) is 0 Å². The van der Waals surface area contributed by atoms with Crippen molar-refractivity contribution in [2.45, 2.75) is 12.3 Å². The molecular formula is C54H40B2. The molecule has 0 spiro atoms. The van der Waals surface area contributed by atoms with Gasteiger partial charge in [0.25, 0.3) is 0 Å². The number of hydrogen-bond donors (Lipinski definition) is 0. The van der Waals surface area contributed by atoms with Crippen LogP contribution in [0.2, 0.25) is 0 Å². The van der Waals surface area contributed by atoms with Gasteiger partial charge in [-0.1, -0.05) is 263 Å². The maximum absolute atomic E-state index is 2.55. The van der Waals surface area contributed by atoms with E-state index in [2.05, 4.69) is 231 Å². The molecule has 0 bridgehead atoms. The molecule has 2 heteroatoms. The van der Waals surface area contributed by atoms with E-state index in [1.165, 1.54) is 82.5 Å². The van der Waals surface area contributed by atoms with Crippen LogP contribution in [0.25, 0.3) is 21.9 Å². The van der Waals surface area contributed by atoms with E-state index in [1.54, 1.807) is 0 Å². The van der Waals surface area contributed by atoms with Gasteiger partial charge in [0.1, 0.15) is 0 Å². The van der Waals surface area contributed by atoms with Gasteiger partial charge in [0.2, 0.25) is 13.4 Å². The molecule has 0 aromatic heterocycles. The summed E-state index contributed by atoms with van der Waals surface area (Å²) in [6.07, 6.45) is 0. The Bertz CT molecular complexity index is 2580. The predicted octanol–water partition coefficient (Wildman–Crippen LogP) is 8.54. The van der Waals surface area contributed by atoms with E-state index in [0.29, 0.717) is 0 Å². The Morgan fingerprint density at radius 1 is 0.321 bits per heavy atom. The molecule has 0 atom stereocenters. The summed E-state index contributed by atoms with van der Waals surface area (Å²) in [5.41, 5.74) is 16.2. The van der Waals surface area contributed by atoms with E-state index in [-0.39, 0.29) is 13.4 Å². The maximum Gasteiger partial charge on any atom is 0.241 e. The van der Waals surface area contributed by atoms with Gasteiger partial charge in [0, 0.05) is 0 Å². The van der Waals surface area contributed by atoms with E-state index >= 15 is 0 Å². The molecule has 0 nitrogen and oxygen atoms in total. The molecule has 9 aromatic rings. The predicted molar refractivity (Wildman–Crippen MR) is 241 cm³/mol. The molecular weight excluding hydrogens is 670 g/mol. The van der Waals surface area contributed by atoms with Crippen molar-refractivity contribution in [3.63, 3.8) is 0 Å². The number of rotatable bonds is 8. The molecule has 10 rings (SSSR count). The molecule has 0 saturated heterocycles. The highest BCUT2D eigenvalue weighted by Crippen LogP contribution is 2.57. The van der Waals surface area contributed by atoms with Crippen LogP contribution in [-0.2, 0) is 5.41 Å². The Hall–Kier alpha value is -6.63. The molecule has 0 aliphatic heterocycles. The first-order chi connectivity index (χ1) is 27.7. The Morgan fingerprint density at radius 2 is 0.732 bits per heavy atom. The number of fused-ring (bicyclic) bond motifs is 4. The molecule has 1 aliphatic rings. The third-order valence-electron chi connectivity index (χ3n) is 12.1. The normalized spacial score (nSPS) is 12.5. The number of aryl methyl sites for hydroxylation is 1. The zero-order chi connectivity index (χ0) is 37.5. The zero-order valence-corrected chi connectivity index (χ0v) is 31.5. The van der Waals surface area contributed by atoms with Crippen LogP contribution in [0.15, 0.2) is 224 Å². The SMILES string of the molecule is Cc1ccc(C2(c3cccc4ccccc34)c3cc(B(c4ccccc4)c4ccccc4)ccc3-c3ccc(B(c4ccccc4)c4ccccc4)cc32)cc1. The van der Waals surface area contributed by atoms with E-state index < -0.39 is 5.41 Å². The van der Waals surface area contributed by atoms with Crippen LogP contribution in [0.5, 0.6) is 0 Å². The Kier molecular flexibility index (Phi) is 8.61. The van der Waals surface area contributed by atoms with Crippen molar-refractivity contribution in [2.75, 3.05) is 0 Å². The van der Waals surface area contributed by atoms with Crippen molar-refractivity contribution in [1.82, 2.24) is 0 Å². The van der Waals surface area contributed by atoms with Crippen LogP contribution < -0.4 is 32.8 Å². The van der Waals surface area contributed by atoms with Gasteiger partial charge in [-0.25, -0.2) is 0 Å². The summed E-state index contributed by atoms with van der Waals surface area (Å²) < 4.78 is 0. The Morgan fingerprint density at radius 3 is 1.20 bits per heavy atom. The van der Waals surface area contributed by atoms with Crippen molar-refractivity contribution in [3.05, 3.63) is 252 Å². The quantitative estimate of drug-likeness (QED) is 0.139. The van der Waals surface area contributed by atoms with E-state index in [4.69, 9.17) is 0 Å². The van der Waals surface area contributed by atoms with Crippen molar-refractivity contribution in [3.8, 4) is 11.1 Å². The fourth-order valence-corrected chi connectivity index (χ4v) is 9.57. The second-order valence-corrected chi connectivity index (χ2v) is 15.3. The third-order valence-corrected chi connectivity index (χ3v) is 12.1. The van der Waals surface area contributed by atoms with E-state index in [1.807, 2.05) is 0 Å². The topological polar surface area (TPSA) is 0 Å². The lowest BCUT2D eigenvalue weighted by Crippen LogP contribution is -2.52. The highest BCUT2D eigenvalue weighted by atomic mass is 14.5. The van der Waals surface area contributed by atoms with Gasteiger partial charge in [0.05, 0.1) is 5.41 Å². The lowest BCUT2D eigenvalue weighted by molar-refractivity contribution is 0.777. The minimum absolute atomic E-state index is 0.0748. The molecule has 9 aromatic carbocycles. The summed E-state index contributed by atoms with van der Waals surface area (Å²) in [6.45, 7) is 2.34. The summed E-state index contributed by atoms with van der Waals surface area (Å²) in [7, 11) is 0. The van der Waals surface area contributed by atoms with Gasteiger partial charge in [-0.15, -0.1) is 0 Å². The molecule has 0 radical (unpaired) electrons. The van der Waals surface area contributed by atoms with Gasteiger partial charge in [-0.3, -0.25) is 0 Å². The molecule has 262 valence electrons. The van der Waals surface area contributed by atoms with Gasteiger partial charge >= 0.3 is 0 Å². The summed E-state index contributed by atoms with van der Waals surface area (Å²) in [4.78, 5) is 0. The van der Waals surface area contributed by atoms with Gasteiger partial charge in [-0.05, 0) is 51.1 Å². The Labute approximate surface area is 331 Å².